The molecule has 0 saturated carbocycles. The third-order valence-corrected chi connectivity index (χ3v) is 4.70. The molecule has 1 fully saturated rings. The fourth-order valence-corrected chi connectivity index (χ4v) is 3.54. The third-order valence-electron chi connectivity index (χ3n) is 4.70. The van der Waals surface area contributed by atoms with Gasteiger partial charge in [-0.2, -0.15) is 0 Å². The lowest BCUT2D eigenvalue weighted by Gasteiger charge is -2.41. The Bertz CT molecular complexity index is 548. The predicted molar refractivity (Wildman–Crippen MR) is 82.3 cm³/mol. The molecule has 0 spiro atoms. The molecule has 1 N–H and O–H groups in total. The van der Waals surface area contributed by atoms with Crippen LogP contribution in [0.25, 0.3) is 0 Å². The van der Waals surface area contributed by atoms with Crippen LogP contribution in [0.1, 0.15) is 32.3 Å². The SMILES string of the molecule is CC1CC(C(=O)O)CC(C)N1Cc1ccc2c(c1)OCCO2. The van der Waals surface area contributed by atoms with E-state index in [1.807, 2.05) is 12.1 Å². The maximum absolute atomic E-state index is 11.2. The van der Waals surface area contributed by atoms with Crippen molar-refractivity contribution in [2.24, 2.45) is 5.92 Å². The maximum atomic E-state index is 11.2. The molecule has 0 bridgehead atoms. The number of rotatable bonds is 3. The number of ether oxygens (including phenoxy) is 2. The van der Waals surface area contributed by atoms with Crippen LogP contribution in [0.15, 0.2) is 18.2 Å². The van der Waals surface area contributed by atoms with Gasteiger partial charge in [0.15, 0.2) is 11.5 Å². The van der Waals surface area contributed by atoms with E-state index in [-0.39, 0.29) is 18.0 Å². The summed E-state index contributed by atoms with van der Waals surface area (Å²) in [4.78, 5) is 13.6. The number of likely N-dealkylation sites (tertiary alicyclic amines) is 1. The van der Waals surface area contributed by atoms with E-state index in [1.54, 1.807) is 0 Å². The van der Waals surface area contributed by atoms with E-state index >= 15 is 0 Å². The van der Waals surface area contributed by atoms with Crippen LogP contribution in [0, 0.1) is 5.92 Å². The van der Waals surface area contributed by atoms with E-state index in [4.69, 9.17) is 9.47 Å². The Hall–Kier alpha value is -1.75. The van der Waals surface area contributed by atoms with Crippen LogP contribution in [-0.2, 0) is 11.3 Å². The van der Waals surface area contributed by atoms with E-state index in [2.05, 4.69) is 24.8 Å². The Morgan fingerprint density at radius 3 is 2.45 bits per heavy atom. The van der Waals surface area contributed by atoms with Gasteiger partial charge < -0.3 is 14.6 Å². The molecule has 0 radical (unpaired) electrons. The smallest absolute Gasteiger partial charge is 0.306 e. The molecule has 0 aromatic heterocycles. The predicted octanol–water partition coefficient (Wildman–Crippen LogP) is 2.53. The molecule has 1 aromatic carbocycles. The van der Waals surface area contributed by atoms with Crippen LogP contribution in [0.5, 0.6) is 11.5 Å². The van der Waals surface area contributed by atoms with Crippen LogP contribution in [0.4, 0.5) is 0 Å². The molecule has 2 unspecified atom stereocenters. The van der Waals surface area contributed by atoms with Crippen molar-refractivity contribution in [1.29, 1.82) is 0 Å². The zero-order valence-corrected chi connectivity index (χ0v) is 13.1. The second-order valence-electron chi connectivity index (χ2n) is 6.35. The summed E-state index contributed by atoms with van der Waals surface area (Å²) >= 11 is 0. The molecule has 0 aliphatic carbocycles. The fraction of sp³-hybridized carbons (Fsp3) is 0.588. The van der Waals surface area contributed by atoms with E-state index in [9.17, 15) is 9.90 Å². The topological polar surface area (TPSA) is 59.0 Å². The standard InChI is InChI=1S/C17H23NO4/c1-11-7-14(17(19)20)8-12(2)18(11)10-13-3-4-15-16(9-13)22-6-5-21-15/h3-4,9,11-12,14H,5-8,10H2,1-2H3,(H,19,20). The largest absolute Gasteiger partial charge is 0.486 e. The Balaban J connectivity index is 1.71. The highest BCUT2D eigenvalue weighted by molar-refractivity contribution is 5.70. The second-order valence-corrected chi connectivity index (χ2v) is 6.35. The molecule has 2 heterocycles. The Labute approximate surface area is 130 Å². The number of hydrogen-bond acceptors (Lipinski definition) is 4. The number of nitrogens with zero attached hydrogens (tertiary/aromatic N) is 1. The highest BCUT2D eigenvalue weighted by Gasteiger charge is 2.34. The average molecular weight is 305 g/mol. The minimum absolute atomic E-state index is 0.221. The first-order valence-corrected chi connectivity index (χ1v) is 7.91. The van der Waals surface area contributed by atoms with Crippen LogP contribution in [0.2, 0.25) is 0 Å². The van der Waals surface area contributed by atoms with E-state index < -0.39 is 5.97 Å². The van der Waals surface area contributed by atoms with Crippen molar-refractivity contribution in [3.05, 3.63) is 23.8 Å². The molecule has 5 heteroatoms. The fourth-order valence-electron chi connectivity index (χ4n) is 3.54. The lowest BCUT2D eigenvalue weighted by atomic mass is 9.87. The van der Waals surface area contributed by atoms with Crippen LogP contribution in [-0.4, -0.2) is 41.3 Å². The number of carboxylic acid groups (broad SMARTS) is 1. The molecule has 0 amide bonds. The molecule has 2 aliphatic rings. The molecular weight excluding hydrogens is 282 g/mol. The molecule has 1 saturated heterocycles. The Morgan fingerprint density at radius 2 is 1.82 bits per heavy atom. The number of carboxylic acids is 1. The third kappa shape index (κ3) is 3.04. The van der Waals surface area contributed by atoms with Gasteiger partial charge in [0.05, 0.1) is 5.92 Å². The van der Waals surface area contributed by atoms with Crippen LogP contribution in [0.3, 0.4) is 0 Å². The Kier molecular flexibility index (Phi) is 4.25. The second kappa shape index (κ2) is 6.16. The van der Waals surface area contributed by atoms with Gasteiger partial charge in [-0.25, -0.2) is 0 Å². The number of hydrogen-bond donors (Lipinski definition) is 1. The van der Waals surface area contributed by atoms with Crippen molar-refractivity contribution >= 4 is 5.97 Å². The first kappa shape index (κ1) is 15.2. The monoisotopic (exact) mass is 305 g/mol. The summed E-state index contributed by atoms with van der Waals surface area (Å²) in [7, 11) is 0. The summed E-state index contributed by atoms with van der Waals surface area (Å²) in [6.45, 7) is 6.23. The van der Waals surface area contributed by atoms with Crippen LogP contribution < -0.4 is 9.47 Å². The summed E-state index contributed by atoms with van der Waals surface area (Å²) in [5, 5.41) is 9.23. The zero-order chi connectivity index (χ0) is 15.7. The molecular formula is C17H23NO4. The summed E-state index contributed by atoms with van der Waals surface area (Å²) in [5.74, 6) is 0.726. The number of carbonyl (C=O) groups is 1. The molecule has 2 atom stereocenters. The average Bonchev–Trinajstić information content (AvgIpc) is 2.50. The van der Waals surface area contributed by atoms with Gasteiger partial charge in [0.2, 0.25) is 0 Å². The van der Waals surface area contributed by atoms with Crippen molar-refractivity contribution in [3.8, 4) is 11.5 Å². The first-order valence-electron chi connectivity index (χ1n) is 7.91. The van der Waals surface area contributed by atoms with Gasteiger partial charge in [0.25, 0.3) is 0 Å². The minimum atomic E-state index is -0.669. The van der Waals surface area contributed by atoms with Crippen molar-refractivity contribution < 1.29 is 19.4 Å². The summed E-state index contributed by atoms with van der Waals surface area (Å²) in [6, 6.07) is 6.59. The van der Waals surface area contributed by atoms with Crippen LogP contribution >= 0.6 is 0 Å². The van der Waals surface area contributed by atoms with E-state index in [0.717, 1.165) is 18.0 Å². The molecule has 22 heavy (non-hydrogen) atoms. The minimum Gasteiger partial charge on any atom is -0.486 e. The van der Waals surface area contributed by atoms with E-state index in [0.29, 0.717) is 26.1 Å². The highest BCUT2D eigenvalue weighted by atomic mass is 16.6. The quantitative estimate of drug-likeness (QED) is 0.930. The van der Waals surface area contributed by atoms with Gasteiger partial charge in [0.1, 0.15) is 13.2 Å². The number of fused-ring (bicyclic) bond motifs is 1. The van der Waals surface area contributed by atoms with Gasteiger partial charge in [-0.3, -0.25) is 9.69 Å². The van der Waals surface area contributed by atoms with Gasteiger partial charge >= 0.3 is 5.97 Å². The number of piperidine rings is 1. The molecule has 1 aromatic rings. The molecule has 120 valence electrons. The summed E-state index contributed by atoms with van der Waals surface area (Å²) in [6.07, 6.45) is 1.43. The summed E-state index contributed by atoms with van der Waals surface area (Å²) in [5.41, 5.74) is 1.18. The molecule has 2 aliphatic heterocycles. The van der Waals surface area contributed by atoms with Gasteiger partial charge in [0, 0.05) is 18.6 Å². The maximum Gasteiger partial charge on any atom is 0.306 e. The van der Waals surface area contributed by atoms with Gasteiger partial charge in [-0.15, -0.1) is 0 Å². The lowest BCUT2D eigenvalue weighted by molar-refractivity contribution is -0.145. The molecule has 5 nitrogen and oxygen atoms in total. The number of aliphatic carboxylic acids is 1. The van der Waals surface area contributed by atoms with E-state index in [1.165, 1.54) is 5.56 Å². The van der Waals surface area contributed by atoms with Crippen molar-refractivity contribution in [2.45, 2.75) is 45.3 Å². The molecule has 3 rings (SSSR count). The number of benzene rings is 1. The highest BCUT2D eigenvalue weighted by Crippen LogP contribution is 2.33. The van der Waals surface area contributed by atoms with Gasteiger partial charge in [-0.05, 0) is 44.4 Å². The lowest BCUT2D eigenvalue weighted by Crippen LogP contribution is -2.47. The normalized spacial score (nSPS) is 28.4. The first-order chi connectivity index (χ1) is 10.5. The van der Waals surface area contributed by atoms with Crippen molar-refractivity contribution in [2.75, 3.05) is 13.2 Å². The summed E-state index contributed by atoms with van der Waals surface area (Å²) < 4.78 is 11.2. The van der Waals surface area contributed by atoms with Crippen molar-refractivity contribution in [3.63, 3.8) is 0 Å². The van der Waals surface area contributed by atoms with Gasteiger partial charge in [-0.1, -0.05) is 6.07 Å². The Morgan fingerprint density at radius 1 is 1.18 bits per heavy atom. The zero-order valence-electron chi connectivity index (χ0n) is 13.1. The van der Waals surface area contributed by atoms with Crippen molar-refractivity contribution in [1.82, 2.24) is 4.90 Å².